The van der Waals surface area contributed by atoms with Gasteiger partial charge in [0, 0.05) is 23.8 Å². The first kappa shape index (κ1) is 55.6. The molecule has 0 aliphatic carbocycles. The molecule has 4 atom stereocenters. The number of nitrogens with two attached hydrogens (primary N) is 1. The molecule has 0 spiro atoms. The van der Waals surface area contributed by atoms with Gasteiger partial charge in [0.25, 0.3) is 0 Å². The third-order valence-corrected chi connectivity index (χ3v) is 11.4. The van der Waals surface area contributed by atoms with Crippen molar-refractivity contribution in [3.63, 3.8) is 0 Å². The molecule has 0 amide bonds. The Hall–Kier alpha value is -2.40. The fraction of sp³-hybridized carbons (Fsp3) is 0.771. The number of carbonyl (C=O) groups excluding carboxylic acids is 2. The van der Waals surface area contributed by atoms with Crippen molar-refractivity contribution in [2.24, 2.45) is 11.7 Å². The lowest BCUT2D eigenvalue weighted by Gasteiger charge is -2.21. The Kier molecular flexibility index (Phi) is 39.6. The highest BCUT2D eigenvalue weighted by Gasteiger charge is 2.23. The third-order valence-electron chi connectivity index (χ3n) is 9.99. The molecular formula is C48H85NO8S. The summed E-state index contributed by atoms with van der Waals surface area (Å²) in [6.07, 6.45) is 42.0. The monoisotopic (exact) mass is 836 g/mol. The number of aliphatic carboxylic acids is 1. The van der Waals surface area contributed by atoms with Crippen LogP contribution in [0.5, 0.6) is 0 Å². The van der Waals surface area contributed by atoms with Gasteiger partial charge >= 0.3 is 17.9 Å². The standard InChI is InChI=1S/C48H85NO8S/c1-4-5-6-7-8-9-10-18-21-24-27-30-35-45(44(51)34-32-36-46(52)53)58-40-43(49)48(55)57-39-42(50)38-56-47(54)37-31-28-25-22-19-16-14-12-11-13-15-17-20-23-26-29-33-41(2)3/h8-9,18,21,24,27,30,35,41-45,50-51H,4-7,10-17,19-20,22-23,25-26,28-29,31-34,36-40,49H2,1-3H3,(H,52,53)/b9-8-,21-18-,27-24+,35-30+/t42-,43+,44+,45-/m1/s1. The van der Waals surface area contributed by atoms with E-state index in [0.717, 1.165) is 38.0 Å². The van der Waals surface area contributed by atoms with Gasteiger partial charge in [0.05, 0.1) is 6.10 Å². The number of hydrogen-bond donors (Lipinski definition) is 4. The second-order valence-electron chi connectivity index (χ2n) is 16.2. The average Bonchev–Trinajstić information content (AvgIpc) is 3.19. The van der Waals surface area contributed by atoms with Crippen LogP contribution in [0.1, 0.15) is 188 Å². The van der Waals surface area contributed by atoms with E-state index in [9.17, 15) is 24.6 Å². The van der Waals surface area contributed by atoms with Crippen LogP contribution in [0, 0.1) is 5.92 Å². The number of carboxylic acid groups (broad SMARTS) is 1. The predicted octanol–water partition coefficient (Wildman–Crippen LogP) is 11.4. The molecular weight excluding hydrogens is 751 g/mol. The van der Waals surface area contributed by atoms with Gasteiger partial charge in [0.1, 0.15) is 25.4 Å². The van der Waals surface area contributed by atoms with E-state index in [1.807, 2.05) is 30.4 Å². The van der Waals surface area contributed by atoms with E-state index in [1.165, 1.54) is 121 Å². The number of aliphatic hydroxyl groups excluding tert-OH is 2. The van der Waals surface area contributed by atoms with Crippen molar-refractivity contribution < 1.29 is 39.2 Å². The molecule has 0 aromatic rings. The van der Waals surface area contributed by atoms with Crippen LogP contribution in [0.4, 0.5) is 0 Å². The topological polar surface area (TPSA) is 156 Å². The second kappa shape index (κ2) is 41.3. The highest BCUT2D eigenvalue weighted by atomic mass is 32.2. The molecule has 0 unspecified atom stereocenters. The first-order valence-corrected chi connectivity index (χ1v) is 24.0. The summed E-state index contributed by atoms with van der Waals surface area (Å²) in [6.45, 7) is 6.20. The number of thioether (sulfide) groups is 1. The van der Waals surface area contributed by atoms with Crippen LogP contribution in [0.3, 0.4) is 0 Å². The van der Waals surface area contributed by atoms with Crippen molar-refractivity contribution in [3.8, 4) is 0 Å². The molecule has 0 bridgehead atoms. The van der Waals surface area contributed by atoms with Crippen LogP contribution in [-0.2, 0) is 23.9 Å². The predicted molar refractivity (Wildman–Crippen MR) is 243 cm³/mol. The normalized spacial score (nSPS) is 14.3. The number of carboxylic acids is 1. The van der Waals surface area contributed by atoms with Gasteiger partial charge in [-0.25, -0.2) is 0 Å². The van der Waals surface area contributed by atoms with Gasteiger partial charge < -0.3 is 30.5 Å². The van der Waals surface area contributed by atoms with Crippen molar-refractivity contribution in [1.82, 2.24) is 0 Å². The van der Waals surface area contributed by atoms with E-state index in [-0.39, 0.29) is 37.8 Å². The first-order chi connectivity index (χ1) is 28.1. The molecule has 58 heavy (non-hydrogen) atoms. The molecule has 0 rings (SSSR count). The Morgan fingerprint density at radius 1 is 0.638 bits per heavy atom. The number of aliphatic hydroxyl groups is 2. The first-order valence-electron chi connectivity index (χ1n) is 23.0. The fourth-order valence-corrected chi connectivity index (χ4v) is 7.49. The van der Waals surface area contributed by atoms with Crippen molar-refractivity contribution >= 4 is 29.7 Å². The van der Waals surface area contributed by atoms with Crippen LogP contribution in [0.15, 0.2) is 48.6 Å². The maximum Gasteiger partial charge on any atom is 0.323 e. The van der Waals surface area contributed by atoms with Crippen LogP contribution < -0.4 is 5.73 Å². The highest BCUT2D eigenvalue weighted by Crippen LogP contribution is 2.22. The minimum Gasteiger partial charge on any atom is -0.481 e. The molecule has 10 heteroatoms. The van der Waals surface area contributed by atoms with Crippen molar-refractivity contribution in [2.45, 2.75) is 211 Å². The Bertz CT molecular complexity index is 1110. The molecule has 0 radical (unpaired) electrons. The lowest BCUT2D eigenvalue weighted by molar-refractivity contribution is -0.153. The molecule has 0 fully saturated rings. The van der Waals surface area contributed by atoms with Gasteiger partial charge in [-0.05, 0) is 44.4 Å². The van der Waals surface area contributed by atoms with Gasteiger partial charge in [-0.2, -0.15) is 0 Å². The molecule has 0 saturated carbocycles. The van der Waals surface area contributed by atoms with E-state index < -0.39 is 35.4 Å². The summed E-state index contributed by atoms with van der Waals surface area (Å²) in [5.41, 5.74) is 6.07. The fourth-order valence-electron chi connectivity index (χ4n) is 6.36. The highest BCUT2D eigenvalue weighted by molar-refractivity contribution is 8.00. The zero-order valence-corrected chi connectivity index (χ0v) is 37.7. The summed E-state index contributed by atoms with van der Waals surface area (Å²) >= 11 is 1.27. The van der Waals surface area contributed by atoms with E-state index in [1.54, 1.807) is 0 Å². The van der Waals surface area contributed by atoms with Gasteiger partial charge in [-0.1, -0.05) is 185 Å². The SMILES string of the molecule is CCCCC/C=C\C\C=C/C=C/C=C/[C@@H](SC[C@H](N)C(=O)OC[C@H](O)COC(=O)CCCCCCCCCCCCCCCCCCC(C)C)[C@@H](O)CCCC(=O)O. The van der Waals surface area contributed by atoms with E-state index in [4.69, 9.17) is 20.3 Å². The molecule has 0 aromatic carbocycles. The van der Waals surface area contributed by atoms with Gasteiger partial charge in [-0.15, -0.1) is 11.8 Å². The van der Waals surface area contributed by atoms with Crippen molar-refractivity contribution in [1.29, 1.82) is 0 Å². The van der Waals surface area contributed by atoms with E-state index >= 15 is 0 Å². The number of rotatable bonds is 41. The molecule has 0 aliphatic heterocycles. The zero-order chi connectivity index (χ0) is 42.9. The summed E-state index contributed by atoms with van der Waals surface area (Å²) in [7, 11) is 0. The number of allylic oxidation sites excluding steroid dienone is 7. The second-order valence-corrected chi connectivity index (χ2v) is 17.4. The summed E-state index contributed by atoms with van der Waals surface area (Å²) in [6, 6.07) is -1.01. The zero-order valence-electron chi connectivity index (χ0n) is 36.9. The van der Waals surface area contributed by atoms with Crippen LogP contribution in [-0.4, -0.2) is 75.7 Å². The number of unbranched alkanes of at least 4 members (excludes halogenated alkanes) is 18. The average molecular weight is 836 g/mol. The van der Waals surface area contributed by atoms with Crippen molar-refractivity contribution in [2.75, 3.05) is 19.0 Å². The van der Waals surface area contributed by atoms with Crippen LogP contribution in [0.2, 0.25) is 0 Å². The maximum absolute atomic E-state index is 12.5. The molecule has 0 aliphatic rings. The molecule has 0 heterocycles. The number of ether oxygens (including phenoxy) is 2. The molecule has 336 valence electrons. The number of carbonyl (C=O) groups is 3. The van der Waals surface area contributed by atoms with Crippen LogP contribution >= 0.6 is 11.8 Å². The lowest BCUT2D eigenvalue weighted by Crippen LogP contribution is -2.38. The van der Waals surface area contributed by atoms with Crippen molar-refractivity contribution in [3.05, 3.63) is 48.6 Å². The minimum absolute atomic E-state index is 0.0429. The Morgan fingerprint density at radius 2 is 1.21 bits per heavy atom. The van der Waals surface area contributed by atoms with E-state index in [0.29, 0.717) is 12.8 Å². The number of esters is 2. The van der Waals surface area contributed by atoms with Gasteiger partial charge in [0.15, 0.2) is 0 Å². The summed E-state index contributed by atoms with van der Waals surface area (Å²) in [4.78, 5) is 35.6. The third kappa shape index (κ3) is 39.1. The summed E-state index contributed by atoms with van der Waals surface area (Å²) < 4.78 is 10.4. The quantitative estimate of drug-likeness (QED) is 0.0202. The van der Waals surface area contributed by atoms with Crippen LogP contribution in [0.25, 0.3) is 0 Å². The minimum atomic E-state index is -1.16. The Morgan fingerprint density at radius 3 is 1.79 bits per heavy atom. The number of hydrogen-bond acceptors (Lipinski definition) is 9. The summed E-state index contributed by atoms with van der Waals surface area (Å²) in [5.74, 6) is -1.02. The Balaban J connectivity index is 4.18. The molecule has 0 aromatic heterocycles. The lowest BCUT2D eigenvalue weighted by atomic mass is 10.0. The molecule has 5 N–H and O–H groups in total. The summed E-state index contributed by atoms with van der Waals surface area (Å²) in [5, 5.41) is 29.5. The maximum atomic E-state index is 12.5. The molecule has 0 saturated heterocycles. The largest absolute Gasteiger partial charge is 0.481 e. The molecule has 9 nitrogen and oxygen atoms in total. The van der Waals surface area contributed by atoms with Gasteiger partial charge in [0.2, 0.25) is 0 Å². The smallest absolute Gasteiger partial charge is 0.323 e. The van der Waals surface area contributed by atoms with Gasteiger partial charge in [-0.3, -0.25) is 14.4 Å². The van der Waals surface area contributed by atoms with E-state index in [2.05, 4.69) is 39.0 Å². The Labute approximate surface area is 358 Å².